The molecular weight excluding hydrogens is 222 g/mol. The Hall–Kier alpha value is -0.870. The fourth-order valence-electron chi connectivity index (χ4n) is 2.18. The third-order valence-electron chi connectivity index (χ3n) is 3.17. The van der Waals surface area contributed by atoms with Gasteiger partial charge in [0.15, 0.2) is 0 Å². The highest BCUT2D eigenvalue weighted by molar-refractivity contribution is 7.07. The monoisotopic (exact) mass is 239 g/mol. The van der Waals surface area contributed by atoms with Crippen LogP contribution in [0, 0.1) is 0 Å². The number of nitrogens with zero attached hydrogens (tertiary/aromatic N) is 1. The predicted molar refractivity (Wildman–Crippen MR) is 64.5 cm³/mol. The van der Waals surface area contributed by atoms with Gasteiger partial charge in [-0.2, -0.15) is 11.3 Å². The SMILES string of the molecule is COC(C)C(=O)N1CCCC1c1ccsc1. The largest absolute Gasteiger partial charge is 0.372 e. The van der Waals surface area contributed by atoms with Crippen LogP contribution in [0.2, 0.25) is 0 Å². The average Bonchev–Trinajstić information content (AvgIpc) is 2.95. The Morgan fingerprint density at radius 1 is 1.69 bits per heavy atom. The Labute approximate surface area is 100 Å². The molecule has 1 saturated heterocycles. The zero-order valence-electron chi connectivity index (χ0n) is 9.68. The van der Waals surface area contributed by atoms with Crippen LogP contribution in [-0.2, 0) is 9.53 Å². The van der Waals surface area contributed by atoms with Crippen molar-refractivity contribution in [2.24, 2.45) is 0 Å². The van der Waals surface area contributed by atoms with Gasteiger partial charge < -0.3 is 9.64 Å². The van der Waals surface area contributed by atoms with Crippen LogP contribution in [0.25, 0.3) is 0 Å². The summed E-state index contributed by atoms with van der Waals surface area (Å²) in [5.74, 6) is 0.108. The van der Waals surface area contributed by atoms with E-state index in [1.165, 1.54) is 5.56 Å². The van der Waals surface area contributed by atoms with Crippen LogP contribution in [0.4, 0.5) is 0 Å². The molecule has 3 nitrogen and oxygen atoms in total. The average molecular weight is 239 g/mol. The summed E-state index contributed by atoms with van der Waals surface area (Å²) >= 11 is 1.69. The van der Waals surface area contributed by atoms with Crippen molar-refractivity contribution in [3.05, 3.63) is 22.4 Å². The minimum absolute atomic E-state index is 0.108. The maximum Gasteiger partial charge on any atom is 0.251 e. The number of hydrogen-bond donors (Lipinski definition) is 0. The topological polar surface area (TPSA) is 29.5 Å². The Kier molecular flexibility index (Phi) is 3.61. The third-order valence-corrected chi connectivity index (χ3v) is 3.87. The van der Waals surface area contributed by atoms with E-state index >= 15 is 0 Å². The van der Waals surface area contributed by atoms with Gasteiger partial charge in [0.05, 0.1) is 6.04 Å². The van der Waals surface area contributed by atoms with Crippen molar-refractivity contribution in [1.82, 2.24) is 4.90 Å². The number of ether oxygens (including phenoxy) is 1. The summed E-state index contributed by atoms with van der Waals surface area (Å²) in [5.41, 5.74) is 1.26. The Bertz CT molecular complexity index is 350. The first kappa shape index (κ1) is 11.6. The van der Waals surface area contributed by atoms with Crippen LogP contribution in [0.5, 0.6) is 0 Å². The van der Waals surface area contributed by atoms with E-state index in [0.717, 1.165) is 19.4 Å². The fourth-order valence-corrected chi connectivity index (χ4v) is 2.88. The maximum atomic E-state index is 12.1. The van der Waals surface area contributed by atoms with Gasteiger partial charge in [-0.1, -0.05) is 0 Å². The molecule has 0 aliphatic carbocycles. The number of rotatable bonds is 3. The van der Waals surface area contributed by atoms with Gasteiger partial charge in [-0.15, -0.1) is 0 Å². The second kappa shape index (κ2) is 4.97. The van der Waals surface area contributed by atoms with Gasteiger partial charge in [0.2, 0.25) is 0 Å². The van der Waals surface area contributed by atoms with E-state index in [4.69, 9.17) is 4.74 Å². The molecule has 1 amide bonds. The summed E-state index contributed by atoms with van der Waals surface area (Å²) in [6.45, 7) is 2.67. The number of hydrogen-bond acceptors (Lipinski definition) is 3. The quantitative estimate of drug-likeness (QED) is 0.811. The Morgan fingerprint density at radius 2 is 2.50 bits per heavy atom. The second-order valence-corrected chi connectivity index (χ2v) is 4.90. The molecule has 2 heterocycles. The lowest BCUT2D eigenvalue weighted by molar-refractivity contribution is -0.141. The summed E-state index contributed by atoms with van der Waals surface area (Å²) in [4.78, 5) is 14.0. The molecule has 16 heavy (non-hydrogen) atoms. The number of thiophene rings is 1. The van der Waals surface area contributed by atoms with E-state index < -0.39 is 0 Å². The van der Waals surface area contributed by atoms with Crippen LogP contribution in [-0.4, -0.2) is 30.6 Å². The molecule has 0 radical (unpaired) electrons. The fraction of sp³-hybridized carbons (Fsp3) is 0.583. The highest BCUT2D eigenvalue weighted by Gasteiger charge is 2.32. The van der Waals surface area contributed by atoms with Crippen LogP contribution in [0.3, 0.4) is 0 Å². The number of likely N-dealkylation sites (tertiary alicyclic amines) is 1. The molecule has 4 heteroatoms. The summed E-state index contributed by atoms with van der Waals surface area (Å²) < 4.78 is 5.10. The normalized spacial score (nSPS) is 22.4. The summed E-state index contributed by atoms with van der Waals surface area (Å²) in [6, 6.07) is 2.37. The van der Waals surface area contributed by atoms with Crippen molar-refractivity contribution in [1.29, 1.82) is 0 Å². The minimum Gasteiger partial charge on any atom is -0.372 e. The van der Waals surface area contributed by atoms with Crippen molar-refractivity contribution in [3.63, 3.8) is 0 Å². The molecule has 2 atom stereocenters. The van der Waals surface area contributed by atoms with Gasteiger partial charge in [0.1, 0.15) is 6.10 Å². The molecule has 0 spiro atoms. The predicted octanol–water partition coefficient (Wildman–Crippen LogP) is 2.45. The molecule has 2 rings (SSSR count). The van der Waals surface area contributed by atoms with Crippen LogP contribution >= 0.6 is 11.3 Å². The van der Waals surface area contributed by atoms with E-state index in [1.807, 2.05) is 11.8 Å². The van der Waals surface area contributed by atoms with Crippen molar-refractivity contribution in [2.75, 3.05) is 13.7 Å². The van der Waals surface area contributed by atoms with E-state index in [-0.39, 0.29) is 18.1 Å². The van der Waals surface area contributed by atoms with E-state index in [0.29, 0.717) is 0 Å². The molecule has 1 aliphatic rings. The van der Waals surface area contributed by atoms with E-state index in [2.05, 4.69) is 16.8 Å². The molecule has 1 aromatic heterocycles. The molecule has 2 unspecified atom stereocenters. The highest BCUT2D eigenvalue weighted by Crippen LogP contribution is 2.33. The molecule has 0 bridgehead atoms. The van der Waals surface area contributed by atoms with Crippen molar-refractivity contribution < 1.29 is 9.53 Å². The summed E-state index contributed by atoms with van der Waals surface area (Å²) in [6.07, 6.45) is 1.82. The lowest BCUT2D eigenvalue weighted by Crippen LogP contribution is -2.38. The zero-order valence-corrected chi connectivity index (χ0v) is 10.5. The molecule has 0 N–H and O–H groups in total. The molecule has 1 aromatic rings. The molecular formula is C12H17NO2S. The molecule has 0 saturated carbocycles. The summed E-state index contributed by atoms with van der Waals surface area (Å²) in [5, 5.41) is 4.20. The lowest BCUT2D eigenvalue weighted by atomic mass is 10.1. The second-order valence-electron chi connectivity index (χ2n) is 4.12. The van der Waals surface area contributed by atoms with Gasteiger partial charge in [0.25, 0.3) is 5.91 Å². The molecule has 1 aliphatic heterocycles. The molecule has 1 fully saturated rings. The molecule has 88 valence electrons. The Morgan fingerprint density at radius 3 is 3.12 bits per heavy atom. The first-order chi connectivity index (χ1) is 7.74. The van der Waals surface area contributed by atoms with Crippen molar-refractivity contribution in [2.45, 2.75) is 31.9 Å². The number of carbonyl (C=O) groups is 1. The van der Waals surface area contributed by atoms with E-state index in [1.54, 1.807) is 18.4 Å². The van der Waals surface area contributed by atoms with Crippen molar-refractivity contribution >= 4 is 17.2 Å². The van der Waals surface area contributed by atoms with Gasteiger partial charge >= 0.3 is 0 Å². The minimum atomic E-state index is -0.334. The van der Waals surface area contributed by atoms with Gasteiger partial charge in [-0.05, 0) is 42.2 Å². The van der Waals surface area contributed by atoms with Crippen molar-refractivity contribution in [3.8, 4) is 0 Å². The smallest absolute Gasteiger partial charge is 0.251 e. The van der Waals surface area contributed by atoms with Gasteiger partial charge in [0, 0.05) is 13.7 Å². The first-order valence-corrected chi connectivity index (χ1v) is 6.53. The summed E-state index contributed by atoms with van der Waals surface area (Å²) in [7, 11) is 1.58. The Balaban J connectivity index is 2.12. The standard InChI is InChI=1S/C12H17NO2S/c1-9(15-2)12(14)13-6-3-4-11(13)10-5-7-16-8-10/h5,7-9,11H,3-4,6H2,1-2H3. The first-order valence-electron chi connectivity index (χ1n) is 5.59. The van der Waals surface area contributed by atoms with Crippen LogP contribution < -0.4 is 0 Å². The number of methoxy groups -OCH3 is 1. The maximum absolute atomic E-state index is 12.1. The van der Waals surface area contributed by atoms with Crippen LogP contribution in [0.1, 0.15) is 31.4 Å². The highest BCUT2D eigenvalue weighted by atomic mass is 32.1. The number of amides is 1. The van der Waals surface area contributed by atoms with Gasteiger partial charge in [-0.3, -0.25) is 4.79 Å². The van der Waals surface area contributed by atoms with E-state index in [9.17, 15) is 4.79 Å². The molecule has 0 aromatic carbocycles. The number of carbonyl (C=O) groups excluding carboxylic acids is 1. The lowest BCUT2D eigenvalue weighted by Gasteiger charge is -2.26. The van der Waals surface area contributed by atoms with Gasteiger partial charge in [-0.25, -0.2) is 0 Å². The van der Waals surface area contributed by atoms with Crippen LogP contribution in [0.15, 0.2) is 16.8 Å². The zero-order chi connectivity index (χ0) is 11.5. The third kappa shape index (κ3) is 2.13.